The number of nitrogens with zero attached hydrogens (tertiary/aromatic N) is 1. The molecule has 1 aromatic rings. The number of aliphatic hydroxyl groups is 1. The van der Waals surface area contributed by atoms with Gasteiger partial charge in [0.1, 0.15) is 6.61 Å². The number of ether oxygens (including phenoxy) is 2. The Balaban J connectivity index is 2.07. The molecule has 0 spiro atoms. The second-order valence-corrected chi connectivity index (χ2v) is 4.47. The highest BCUT2D eigenvalue weighted by Crippen LogP contribution is 2.22. The van der Waals surface area contributed by atoms with E-state index < -0.39 is 0 Å². The van der Waals surface area contributed by atoms with E-state index in [1.54, 1.807) is 0 Å². The van der Waals surface area contributed by atoms with Gasteiger partial charge in [0.2, 0.25) is 5.88 Å². The molecule has 94 valence electrons. The minimum absolute atomic E-state index is 0.0417. The molecule has 4 nitrogen and oxygen atoms in total. The fourth-order valence-electron chi connectivity index (χ4n) is 2.09. The monoisotopic (exact) mass is 237 g/mol. The Morgan fingerprint density at radius 3 is 3.00 bits per heavy atom. The van der Waals surface area contributed by atoms with Crippen LogP contribution in [-0.2, 0) is 11.3 Å². The number of aromatic nitrogens is 1. The summed E-state index contributed by atoms with van der Waals surface area (Å²) in [6, 6.07) is 1.95. The van der Waals surface area contributed by atoms with Crippen LogP contribution in [0.1, 0.15) is 29.7 Å². The molecule has 0 amide bonds. The van der Waals surface area contributed by atoms with Crippen molar-refractivity contribution < 1.29 is 14.6 Å². The highest BCUT2D eigenvalue weighted by atomic mass is 16.5. The third kappa shape index (κ3) is 2.96. The summed E-state index contributed by atoms with van der Waals surface area (Å²) in [5, 5.41) is 9.33. The van der Waals surface area contributed by atoms with Crippen LogP contribution >= 0.6 is 0 Å². The highest BCUT2D eigenvalue weighted by Gasteiger charge is 2.17. The van der Waals surface area contributed by atoms with Gasteiger partial charge < -0.3 is 14.6 Å². The van der Waals surface area contributed by atoms with Gasteiger partial charge in [-0.05, 0) is 38.3 Å². The first kappa shape index (κ1) is 12.3. The first-order valence-electron chi connectivity index (χ1n) is 6.03. The number of aliphatic hydroxyl groups excluding tert-OH is 1. The van der Waals surface area contributed by atoms with Crippen LogP contribution in [0.3, 0.4) is 0 Å². The normalized spacial score (nSPS) is 19.6. The zero-order chi connectivity index (χ0) is 12.3. The summed E-state index contributed by atoms with van der Waals surface area (Å²) in [6.45, 7) is 5.18. The molecule has 1 unspecified atom stereocenters. The predicted molar refractivity (Wildman–Crippen MR) is 64.1 cm³/mol. The lowest BCUT2D eigenvalue weighted by molar-refractivity contribution is 0.0653. The Bertz CT molecular complexity index is 386. The fourth-order valence-corrected chi connectivity index (χ4v) is 2.09. The molecule has 0 saturated carbocycles. The maximum Gasteiger partial charge on any atom is 0.219 e. The predicted octanol–water partition coefficient (Wildman–Crippen LogP) is 1.75. The van der Waals surface area contributed by atoms with Crippen LogP contribution in [-0.4, -0.2) is 29.4 Å². The van der Waals surface area contributed by atoms with Crippen molar-refractivity contribution in [1.82, 2.24) is 4.98 Å². The van der Waals surface area contributed by atoms with E-state index in [2.05, 4.69) is 4.98 Å². The SMILES string of the molecule is Cc1cc(C)c(CO)c(OCC2CCCO2)n1. The summed E-state index contributed by atoms with van der Waals surface area (Å²) < 4.78 is 11.2. The molecule has 2 rings (SSSR count). The van der Waals surface area contributed by atoms with Gasteiger partial charge in [-0.25, -0.2) is 4.98 Å². The second-order valence-electron chi connectivity index (χ2n) is 4.47. The van der Waals surface area contributed by atoms with Crippen LogP contribution in [0.5, 0.6) is 5.88 Å². The molecule has 2 heterocycles. The molecule has 0 radical (unpaired) electrons. The standard InChI is InChI=1S/C13H19NO3/c1-9-6-10(2)14-13(12(9)7-15)17-8-11-4-3-5-16-11/h6,11,15H,3-5,7-8H2,1-2H3. The maximum atomic E-state index is 9.33. The van der Waals surface area contributed by atoms with Gasteiger partial charge >= 0.3 is 0 Å². The van der Waals surface area contributed by atoms with Crippen molar-refractivity contribution in [2.75, 3.05) is 13.2 Å². The molecular weight excluding hydrogens is 218 g/mol. The first-order valence-corrected chi connectivity index (χ1v) is 6.03. The average molecular weight is 237 g/mol. The Kier molecular flexibility index (Phi) is 3.97. The molecule has 17 heavy (non-hydrogen) atoms. The quantitative estimate of drug-likeness (QED) is 0.866. The van der Waals surface area contributed by atoms with Gasteiger partial charge in [0.25, 0.3) is 0 Å². The summed E-state index contributed by atoms with van der Waals surface area (Å²) in [5.41, 5.74) is 2.69. The van der Waals surface area contributed by atoms with E-state index >= 15 is 0 Å². The van der Waals surface area contributed by atoms with Crippen LogP contribution in [0.25, 0.3) is 0 Å². The van der Waals surface area contributed by atoms with Crippen molar-refractivity contribution in [3.8, 4) is 5.88 Å². The average Bonchev–Trinajstić information content (AvgIpc) is 2.78. The van der Waals surface area contributed by atoms with Gasteiger partial charge in [0.15, 0.2) is 0 Å². The van der Waals surface area contributed by atoms with Gasteiger partial charge in [-0.15, -0.1) is 0 Å². The lowest BCUT2D eigenvalue weighted by Gasteiger charge is -2.15. The zero-order valence-corrected chi connectivity index (χ0v) is 10.4. The van der Waals surface area contributed by atoms with E-state index in [-0.39, 0.29) is 12.7 Å². The Morgan fingerprint density at radius 2 is 2.35 bits per heavy atom. The van der Waals surface area contributed by atoms with Crippen LogP contribution in [0.2, 0.25) is 0 Å². The lowest BCUT2D eigenvalue weighted by Crippen LogP contribution is -2.18. The van der Waals surface area contributed by atoms with Crippen molar-refractivity contribution >= 4 is 0 Å². The molecule has 1 N–H and O–H groups in total. The number of hydrogen-bond acceptors (Lipinski definition) is 4. The van der Waals surface area contributed by atoms with Crippen molar-refractivity contribution in [2.24, 2.45) is 0 Å². The third-order valence-electron chi connectivity index (χ3n) is 3.03. The molecule has 0 aliphatic carbocycles. The molecule has 1 aliphatic rings. The number of pyridine rings is 1. The van der Waals surface area contributed by atoms with E-state index in [9.17, 15) is 5.11 Å². The van der Waals surface area contributed by atoms with Crippen LogP contribution in [0.4, 0.5) is 0 Å². The van der Waals surface area contributed by atoms with Gasteiger partial charge in [0.05, 0.1) is 12.7 Å². The van der Waals surface area contributed by atoms with E-state index in [1.165, 1.54) is 0 Å². The summed E-state index contributed by atoms with van der Waals surface area (Å²) in [6.07, 6.45) is 2.31. The molecular formula is C13H19NO3. The Hall–Kier alpha value is -1.13. The molecule has 1 atom stereocenters. The van der Waals surface area contributed by atoms with E-state index in [0.717, 1.165) is 36.3 Å². The largest absolute Gasteiger partial charge is 0.475 e. The number of hydrogen-bond donors (Lipinski definition) is 1. The molecule has 1 aliphatic heterocycles. The van der Waals surface area contributed by atoms with E-state index in [1.807, 2.05) is 19.9 Å². The lowest BCUT2D eigenvalue weighted by atomic mass is 10.1. The van der Waals surface area contributed by atoms with E-state index in [0.29, 0.717) is 12.5 Å². The van der Waals surface area contributed by atoms with Crippen molar-refractivity contribution in [3.05, 3.63) is 22.9 Å². The third-order valence-corrected chi connectivity index (χ3v) is 3.03. The van der Waals surface area contributed by atoms with Gasteiger partial charge in [-0.3, -0.25) is 0 Å². The summed E-state index contributed by atoms with van der Waals surface area (Å²) in [7, 11) is 0. The Labute approximate surface area is 102 Å². The summed E-state index contributed by atoms with van der Waals surface area (Å²) >= 11 is 0. The summed E-state index contributed by atoms with van der Waals surface area (Å²) in [4.78, 5) is 4.33. The maximum absolute atomic E-state index is 9.33. The van der Waals surface area contributed by atoms with Crippen molar-refractivity contribution in [1.29, 1.82) is 0 Å². The molecule has 1 fully saturated rings. The molecule has 0 aromatic carbocycles. The van der Waals surface area contributed by atoms with Gasteiger partial charge in [0, 0.05) is 17.9 Å². The zero-order valence-electron chi connectivity index (χ0n) is 10.4. The number of rotatable bonds is 4. The van der Waals surface area contributed by atoms with Crippen molar-refractivity contribution in [2.45, 2.75) is 39.4 Å². The smallest absolute Gasteiger partial charge is 0.219 e. The first-order chi connectivity index (χ1) is 8.20. The number of aryl methyl sites for hydroxylation is 2. The molecule has 4 heteroatoms. The van der Waals surface area contributed by atoms with Gasteiger partial charge in [-0.2, -0.15) is 0 Å². The summed E-state index contributed by atoms with van der Waals surface area (Å²) in [5.74, 6) is 0.542. The van der Waals surface area contributed by atoms with E-state index in [4.69, 9.17) is 9.47 Å². The molecule has 1 aromatic heterocycles. The fraction of sp³-hybridized carbons (Fsp3) is 0.615. The topological polar surface area (TPSA) is 51.6 Å². The van der Waals surface area contributed by atoms with Crippen LogP contribution in [0.15, 0.2) is 6.07 Å². The molecule has 1 saturated heterocycles. The van der Waals surface area contributed by atoms with Crippen LogP contribution < -0.4 is 4.74 Å². The minimum atomic E-state index is -0.0417. The minimum Gasteiger partial charge on any atom is -0.475 e. The second kappa shape index (κ2) is 5.47. The van der Waals surface area contributed by atoms with Crippen LogP contribution in [0, 0.1) is 13.8 Å². The Morgan fingerprint density at radius 1 is 1.53 bits per heavy atom. The van der Waals surface area contributed by atoms with Crippen molar-refractivity contribution in [3.63, 3.8) is 0 Å². The van der Waals surface area contributed by atoms with Gasteiger partial charge in [-0.1, -0.05) is 0 Å². The highest BCUT2D eigenvalue weighted by molar-refractivity contribution is 5.35. The molecule has 0 bridgehead atoms.